The molecule has 0 aliphatic heterocycles. The van der Waals surface area contributed by atoms with Crippen molar-refractivity contribution >= 4 is 0 Å². The third-order valence-corrected chi connectivity index (χ3v) is 2.30. The van der Waals surface area contributed by atoms with Crippen LogP contribution in [-0.4, -0.2) is 11.5 Å². The van der Waals surface area contributed by atoms with Crippen LogP contribution in [0.2, 0.25) is 0 Å². The van der Waals surface area contributed by atoms with E-state index in [1.807, 2.05) is 0 Å². The summed E-state index contributed by atoms with van der Waals surface area (Å²) in [5, 5.41) is 0. The number of benzene rings is 1. The van der Waals surface area contributed by atoms with Crippen LogP contribution in [0.5, 0.6) is 0 Å². The van der Waals surface area contributed by atoms with Crippen molar-refractivity contribution in [3.63, 3.8) is 0 Å². The second-order valence-electron chi connectivity index (χ2n) is 3.50. The van der Waals surface area contributed by atoms with Crippen LogP contribution in [0, 0.1) is 5.82 Å². The Morgan fingerprint density at radius 2 is 2.12 bits per heavy atom. The Bertz CT molecular complexity index is 468. The van der Waals surface area contributed by atoms with Crippen molar-refractivity contribution in [3.8, 4) is 11.3 Å². The van der Waals surface area contributed by atoms with Crippen molar-refractivity contribution in [3.05, 3.63) is 42.2 Å². The molecule has 84 valence electrons. The number of aryl methyl sites for hydroxylation is 1. The monoisotopic (exact) mass is 220 g/mol. The van der Waals surface area contributed by atoms with Crippen LogP contribution < -0.4 is 5.73 Å². The van der Waals surface area contributed by atoms with Crippen molar-refractivity contribution in [2.24, 2.45) is 5.73 Å². The minimum Gasteiger partial charge on any atom is -0.448 e. The molecular formula is C12H13FN2O. The van der Waals surface area contributed by atoms with Crippen molar-refractivity contribution in [2.45, 2.75) is 12.8 Å². The first kappa shape index (κ1) is 10.8. The fourth-order valence-electron chi connectivity index (χ4n) is 1.47. The summed E-state index contributed by atoms with van der Waals surface area (Å²) in [6, 6.07) is 6.50. The first-order chi connectivity index (χ1) is 7.81. The minimum atomic E-state index is -0.291. The molecular weight excluding hydrogens is 207 g/mol. The summed E-state index contributed by atoms with van der Waals surface area (Å²) < 4.78 is 18.7. The highest BCUT2D eigenvalue weighted by Gasteiger charge is 2.09. The molecule has 1 heterocycles. The number of rotatable bonds is 4. The lowest BCUT2D eigenvalue weighted by Crippen LogP contribution is -2.00. The molecule has 0 aliphatic carbocycles. The maximum absolute atomic E-state index is 13.4. The Morgan fingerprint density at radius 1 is 1.31 bits per heavy atom. The molecule has 2 aromatic rings. The summed E-state index contributed by atoms with van der Waals surface area (Å²) in [6.07, 6.45) is 2.98. The van der Waals surface area contributed by atoms with Gasteiger partial charge in [-0.3, -0.25) is 0 Å². The van der Waals surface area contributed by atoms with E-state index < -0.39 is 0 Å². The maximum atomic E-state index is 13.4. The Kier molecular flexibility index (Phi) is 3.31. The molecule has 0 fully saturated rings. The summed E-state index contributed by atoms with van der Waals surface area (Å²) in [5.74, 6) is 0.310. The van der Waals surface area contributed by atoms with Crippen LogP contribution >= 0.6 is 0 Å². The third kappa shape index (κ3) is 2.28. The highest BCUT2D eigenvalue weighted by atomic mass is 19.1. The molecule has 0 amide bonds. The zero-order valence-corrected chi connectivity index (χ0v) is 8.82. The SMILES string of the molecule is NCCCc1nc(-c2ccccc2F)co1. The quantitative estimate of drug-likeness (QED) is 0.860. The number of hydrogen-bond acceptors (Lipinski definition) is 3. The number of nitrogens with two attached hydrogens (primary N) is 1. The van der Waals surface area contributed by atoms with Gasteiger partial charge in [0.05, 0.1) is 0 Å². The van der Waals surface area contributed by atoms with E-state index in [4.69, 9.17) is 10.2 Å². The topological polar surface area (TPSA) is 52.0 Å². The van der Waals surface area contributed by atoms with Crippen molar-refractivity contribution in [2.75, 3.05) is 6.54 Å². The van der Waals surface area contributed by atoms with Crippen molar-refractivity contribution in [1.82, 2.24) is 4.98 Å². The highest BCUT2D eigenvalue weighted by Crippen LogP contribution is 2.21. The van der Waals surface area contributed by atoms with E-state index in [0.717, 1.165) is 6.42 Å². The molecule has 0 spiro atoms. The predicted molar refractivity (Wildman–Crippen MR) is 59.3 cm³/mol. The van der Waals surface area contributed by atoms with Gasteiger partial charge in [0.1, 0.15) is 17.8 Å². The van der Waals surface area contributed by atoms with Gasteiger partial charge in [0.2, 0.25) is 0 Å². The lowest BCUT2D eigenvalue weighted by Gasteiger charge is -1.96. The lowest BCUT2D eigenvalue weighted by atomic mass is 10.1. The van der Waals surface area contributed by atoms with Gasteiger partial charge in [-0.2, -0.15) is 0 Å². The molecule has 0 saturated heterocycles. The first-order valence-corrected chi connectivity index (χ1v) is 5.20. The van der Waals surface area contributed by atoms with Gasteiger partial charge in [0, 0.05) is 12.0 Å². The zero-order chi connectivity index (χ0) is 11.4. The molecule has 0 unspecified atom stereocenters. The molecule has 0 radical (unpaired) electrons. The van der Waals surface area contributed by atoms with Crippen LogP contribution in [0.3, 0.4) is 0 Å². The summed E-state index contributed by atoms with van der Waals surface area (Å²) in [7, 11) is 0. The van der Waals surface area contributed by atoms with E-state index in [0.29, 0.717) is 30.1 Å². The Hall–Kier alpha value is -1.68. The summed E-state index contributed by atoms with van der Waals surface area (Å²) in [5.41, 5.74) is 6.38. The number of oxazole rings is 1. The van der Waals surface area contributed by atoms with Crippen LogP contribution in [0.4, 0.5) is 4.39 Å². The fourth-order valence-corrected chi connectivity index (χ4v) is 1.47. The second-order valence-corrected chi connectivity index (χ2v) is 3.50. The minimum absolute atomic E-state index is 0.291. The van der Waals surface area contributed by atoms with Crippen molar-refractivity contribution < 1.29 is 8.81 Å². The van der Waals surface area contributed by atoms with E-state index in [-0.39, 0.29) is 5.82 Å². The van der Waals surface area contributed by atoms with E-state index in [9.17, 15) is 4.39 Å². The van der Waals surface area contributed by atoms with Crippen molar-refractivity contribution in [1.29, 1.82) is 0 Å². The van der Waals surface area contributed by atoms with E-state index in [2.05, 4.69) is 4.98 Å². The van der Waals surface area contributed by atoms with Crippen LogP contribution in [0.1, 0.15) is 12.3 Å². The Morgan fingerprint density at radius 3 is 2.88 bits per heavy atom. The molecule has 2 rings (SSSR count). The van der Waals surface area contributed by atoms with Crippen LogP contribution in [0.25, 0.3) is 11.3 Å². The summed E-state index contributed by atoms with van der Waals surface area (Å²) >= 11 is 0. The molecule has 0 aliphatic rings. The molecule has 4 heteroatoms. The van der Waals surface area contributed by atoms with Crippen LogP contribution in [-0.2, 0) is 6.42 Å². The molecule has 2 N–H and O–H groups in total. The van der Waals surface area contributed by atoms with E-state index in [1.165, 1.54) is 12.3 Å². The van der Waals surface area contributed by atoms with Gasteiger partial charge in [-0.15, -0.1) is 0 Å². The number of halogens is 1. The predicted octanol–water partition coefficient (Wildman–Crippen LogP) is 2.37. The van der Waals surface area contributed by atoms with Gasteiger partial charge in [0.25, 0.3) is 0 Å². The lowest BCUT2D eigenvalue weighted by molar-refractivity contribution is 0.488. The summed E-state index contributed by atoms with van der Waals surface area (Å²) in [4.78, 5) is 4.22. The summed E-state index contributed by atoms with van der Waals surface area (Å²) in [6.45, 7) is 0.595. The van der Waals surface area contributed by atoms with Gasteiger partial charge in [-0.1, -0.05) is 12.1 Å². The van der Waals surface area contributed by atoms with Gasteiger partial charge >= 0.3 is 0 Å². The molecule has 16 heavy (non-hydrogen) atoms. The average Bonchev–Trinajstić information content (AvgIpc) is 2.75. The van der Waals surface area contributed by atoms with Gasteiger partial charge < -0.3 is 10.2 Å². The second kappa shape index (κ2) is 4.90. The van der Waals surface area contributed by atoms with Crippen LogP contribution in [0.15, 0.2) is 34.9 Å². The Labute approximate surface area is 93.1 Å². The molecule has 3 nitrogen and oxygen atoms in total. The molecule has 1 aromatic heterocycles. The molecule has 0 atom stereocenters. The zero-order valence-electron chi connectivity index (χ0n) is 8.82. The number of hydrogen-bond donors (Lipinski definition) is 1. The molecule has 0 saturated carbocycles. The smallest absolute Gasteiger partial charge is 0.194 e. The highest BCUT2D eigenvalue weighted by molar-refractivity contribution is 5.58. The Balaban J connectivity index is 2.22. The first-order valence-electron chi connectivity index (χ1n) is 5.20. The largest absolute Gasteiger partial charge is 0.448 e. The number of nitrogens with zero attached hydrogens (tertiary/aromatic N) is 1. The molecule has 0 bridgehead atoms. The number of aromatic nitrogens is 1. The third-order valence-electron chi connectivity index (χ3n) is 2.30. The fraction of sp³-hybridized carbons (Fsp3) is 0.250. The van der Waals surface area contributed by atoms with Gasteiger partial charge in [0.15, 0.2) is 5.89 Å². The standard InChI is InChI=1S/C12H13FN2O/c13-10-5-2-1-4-9(10)11-8-16-12(15-11)6-3-7-14/h1-2,4-5,8H,3,6-7,14H2. The van der Waals surface area contributed by atoms with Gasteiger partial charge in [-0.25, -0.2) is 9.37 Å². The molecule has 1 aromatic carbocycles. The normalized spacial score (nSPS) is 10.6. The maximum Gasteiger partial charge on any atom is 0.194 e. The average molecular weight is 220 g/mol. The van der Waals surface area contributed by atoms with Gasteiger partial charge in [-0.05, 0) is 25.1 Å². The van der Waals surface area contributed by atoms with E-state index in [1.54, 1.807) is 18.2 Å². The van der Waals surface area contributed by atoms with E-state index >= 15 is 0 Å².